The van der Waals surface area contributed by atoms with Gasteiger partial charge in [0.15, 0.2) is 0 Å². The maximum absolute atomic E-state index is 13.4. The Hall–Kier alpha value is -2.76. The number of piperazine rings is 1. The highest BCUT2D eigenvalue weighted by Gasteiger charge is 2.28. The van der Waals surface area contributed by atoms with E-state index >= 15 is 0 Å². The van der Waals surface area contributed by atoms with Crippen molar-refractivity contribution in [3.05, 3.63) is 82.4 Å². The number of halogens is 1. The van der Waals surface area contributed by atoms with Gasteiger partial charge in [0.05, 0.1) is 5.69 Å². The van der Waals surface area contributed by atoms with Gasteiger partial charge in [-0.15, -0.1) is 0 Å². The van der Waals surface area contributed by atoms with E-state index < -0.39 is 0 Å². The van der Waals surface area contributed by atoms with Crippen LogP contribution in [0.4, 0.5) is 11.4 Å². The first-order valence-electron chi connectivity index (χ1n) is 11.2. The average Bonchev–Trinajstić information content (AvgIpc) is 2.93. The molecule has 168 valence electrons. The van der Waals surface area contributed by atoms with Gasteiger partial charge in [-0.2, -0.15) is 0 Å². The third-order valence-corrected chi connectivity index (χ3v) is 7.67. The van der Waals surface area contributed by atoms with Crippen molar-refractivity contribution in [1.82, 2.24) is 4.90 Å². The van der Waals surface area contributed by atoms with Gasteiger partial charge >= 0.3 is 0 Å². The maximum Gasteiger partial charge on any atom is 0.254 e. The molecule has 0 N–H and O–H groups in total. The summed E-state index contributed by atoms with van der Waals surface area (Å²) in [7, 11) is 0. The standard InChI is InChI=1S/C27H26ClN3OS/c1-17-5-4-6-22(13-17)31-12-11-30(16-18(31)2)27(32)20-7-9-26-24(14-20)29-19(3)23-15-21(28)8-10-25(23)33-26/h4-10,13-15,18H,11-12,16H2,1-3H3. The first-order valence-corrected chi connectivity index (χ1v) is 12.4. The molecule has 1 saturated heterocycles. The molecule has 0 aromatic heterocycles. The lowest BCUT2D eigenvalue weighted by Crippen LogP contribution is -2.53. The average molecular weight is 476 g/mol. The summed E-state index contributed by atoms with van der Waals surface area (Å²) in [6, 6.07) is 20.6. The molecule has 1 unspecified atom stereocenters. The number of fused-ring (bicyclic) bond motifs is 2. The molecule has 1 amide bonds. The molecule has 2 aliphatic rings. The van der Waals surface area contributed by atoms with Crippen molar-refractivity contribution in [2.24, 2.45) is 4.99 Å². The van der Waals surface area contributed by atoms with Gasteiger partial charge in [-0.05, 0) is 74.9 Å². The summed E-state index contributed by atoms with van der Waals surface area (Å²) in [6.07, 6.45) is 0. The molecule has 1 atom stereocenters. The number of rotatable bonds is 2. The van der Waals surface area contributed by atoms with E-state index in [0.29, 0.717) is 23.7 Å². The minimum atomic E-state index is 0.0659. The van der Waals surface area contributed by atoms with Crippen LogP contribution < -0.4 is 4.90 Å². The lowest BCUT2D eigenvalue weighted by atomic mass is 10.1. The van der Waals surface area contributed by atoms with Gasteiger partial charge in [0.1, 0.15) is 0 Å². The summed E-state index contributed by atoms with van der Waals surface area (Å²) >= 11 is 7.88. The summed E-state index contributed by atoms with van der Waals surface area (Å²) in [4.78, 5) is 24.8. The normalized spacial score (nSPS) is 17.7. The number of hydrogen-bond donors (Lipinski definition) is 0. The van der Waals surface area contributed by atoms with E-state index in [2.05, 4.69) is 43.0 Å². The molecule has 6 heteroatoms. The minimum Gasteiger partial charge on any atom is -0.365 e. The fraction of sp³-hybridized carbons (Fsp3) is 0.259. The predicted molar refractivity (Wildman–Crippen MR) is 138 cm³/mol. The summed E-state index contributed by atoms with van der Waals surface area (Å²) < 4.78 is 0. The van der Waals surface area contributed by atoms with Crippen LogP contribution in [0, 0.1) is 6.92 Å². The number of carbonyl (C=O) groups excluding carboxylic acids is 1. The zero-order valence-corrected chi connectivity index (χ0v) is 20.6. The number of hydrogen-bond acceptors (Lipinski definition) is 4. The van der Waals surface area contributed by atoms with E-state index in [1.54, 1.807) is 11.8 Å². The SMILES string of the molecule is CC1=Nc2cc(C(=O)N3CCN(c4cccc(C)c4)C(C)C3)ccc2Sc2ccc(Cl)cc21. The van der Waals surface area contributed by atoms with E-state index in [4.69, 9.17) is 16.6 Å². The molecule has 0 aliphatic carbocycles. The zero-order valence-electron chi connectivity index (χ0n) is 19.0. The Balaban J connectivity index is 1.36. The molecule has 4 nitrogen and oxygen atoms in total. The number of amides is 1. The molecular weight excluding hydrogens is 450 g/mol. The summed E-state index contributed by atoms with van der Waals surface area (Å²) in [6.45, 7) is 8.52. The van der Waals surface area contributed by atoms with E-state index in [1.165, 1.54) is 11.3 Å². The second-order valence-electron chi connectivity index (χ2n) is 8.75. The quantitative estimate of drug-likeness (QED) is 0.418. The number of nitrogens with zero attached hydrogens (tertiary/aromatic N) is 3. The van der Waals surface area contributed by atoms with Crippen molar-refractivity contribution in [2.75, 3.05) is 24.5 Å². The summed E-state index contributed by atoms with van der Waals surface area (Å²) in [5, 5.41) is 0.699. The highest BCUT2D eigenvalue weighted by atomic mass is 35.5. The Morgan fingerprint density at radius 1 is 1.03 bits per heavy atom. The zero-order chi connectivity index (χ0) is 23.1. The molecule has 2 heterocycles. The lowest BCUT2D eigenvalue weighted by molar-refractivity contribution is 0.0726. The summed E-state index contributed by atoms with van der Waals surface area (Å²) in [5.41, 5.74) is 5.94. The van der Waals surface area contributed by atoms with Crippen LogP contribution in [-0.4, -0.2) is 42.2 Å². The topological polar surface area (TPSA) is 35.9 Å². The molecule has 5 rings (SSSR count). The third kappa shape index (κ3) is 4.40. The van der Waals surface area contributed by atoms with Crippen molar-refractivity contribution in [3.8, 4) is 0 Å². The van der Waals surface area contributed by atoms with E-state index in [0.717, 1.165) is 33.3 Å². The van der Waals surface area contributed by atoms with Crippen LogP contribution in [0.25, 0.3) is 0 Å². The van der Waals surface area contributed by atoms with Gasteiger partial charge in [0.2, 0.25) is 0 Å². The molecule has 0 spiro atoms. The third-order valence-electron chi connectivity index (χ3n) is 6.29. The number of aryl methyl sites for hydroxylation is 1. The smallest absolute Gasteiger partial charge is 0.254 e. The lowest BCUT2D eigenvalue weighted by Gasteiger charge is -2.41. The molecule has 3 aromatic carbocycles. The van der Waals surface area contributed by atoms with Crippen molar-refractivity contribution < 1.29 is 4.79 Å². The molecule has 33 heavy (non-hydrogen) atoms. The highest BCUT2D eigenvalue weighted by molar-refractivity contribution is 7.99. The molecule has 0 saturated carbocycles. The van der Waals surface area contributed by atoms with Gasteiger partial charge in [-0.25, -0.2) is 0 Å². The van der Waals surface area contributed by atoms with Crippen LogP contribution in [0.2, 0.25) is 5.02 Å². The Bertz CT molecular complexity index is 1270. The fourth-order valence-electron chi connectivity index (χ4n) is 4.57. The number of carbonyl (C=O) groups is 1. The van der Waals surface area contributed by atoms with Crippen molar-refractivity contribution >= 4 is 46.4 Å². The predicted octanol–water partition coefficient (Wildman–Crippen LogP) is 6.60. The molecule has 2 aliphatic heterocycles. The Labute approximate surface area is 204 Å². The largest absolute Gasteiger partial charge is 0.365 e. The molecule has 1 fully saturated rings. The molecule has 3 aromatic rings. The van der Waals surface area contributed by atoms with Gasteiger partial charge in [0, 0.05) is 63.0 Å². The number of aliphatic imine (C=N–C) groups is 1. The first-order chi connectivity index (χ1) is 15.9. The van der Waals surface area contributed by atoms with Gasteiger partial charge in [-0.1, -0.05) is 35.5 Å². The van der Waals surface area contributed by atoms with Gasteiger partial charge in [0.25, 0.3) is 5.91 Å². The fourth-order valence-corrected chi connectivity index (χ4v) is 5.78. The number of benzene rings is 3. The van der Waals surface area contributed by atoms with Crippen molar-refractivity contribution in [1.29, 1.82) is 0 Å². The van der Waals surface area contributed by atoms with Crippen LogP contribution in [0.3, 0.4) is 0 Å². The van der Waals surface area contributed by atoms with Crippen LogP contribution in [0.1, 0.15) is 35.3 Å². The van der Waals surface area contributed by atoms with Gasteiger partial charge < -0.3 is 9.80 Å². The Morgan fingerprint density at radius 2 is 1.85 bits per heavy atom. The summed E-state index contributed by atoms with van der Waals surface area (Å²) in [5.74, 6) is 0.0659. The second kappa shape index (κ2) is 8.88. The second-order valence-corrected chi connectivity index (χ2v) is 10.3. The Kier molecular flexibility index (Phi) is 5.94. The van der Waals surface area contributed by atoms with E-state index in [-0.39, 0.29) is 11.9 Å². The van der Waals surface area contributed by atoms with Crippen LogP contribution in [0.15, 0.2) is 75.4 Å². The van der Waals surface area contributed by atoms with E-state index in [9.17, 15) is 4.79 Å². The van der Waals surface area contributed by atoms with E-state index in [1.807, 2.05) is 48.2 Å². The van der Waals surface area contributed by atoms with Crippen LogP contribution in [0.5, 0.6) is 0 Å². The monoisotopic (exact) mass is 475 g/mol. The number of anilines is 1. The Morgan fingerprint density at radius 3 is 2.64 bits per heavy atom. The van der Waals surface area contributed by atoms with Crippen LogP contribution in [-0.2, 0) is 0 Å². The molecule has 0 radical (unpaired) electrons. The van der Waals surface area contributed by atoms with Gasteiger partial charge in [-0.3, -0.25) is 9.79 Å². The van der Waals surface area contributed by atoms with Crippen molar-refractivity contribution in [3.63, 3.8) is 0 Å². The minimum absolute atomic E-state index is 0.0659. The van der Waals surface area contributed by atoms with Crippen molar-refractivity contribution in [2.45, 2.75) is 36.6 Å². The first kappa shape index (κ1) is 22.1. The highest BCUT2D eigenvalue weighted by Crippen LogP contribution is 2.41. The maximum atomic E-state index is 13.4. The molecule has 0 bridgehead atoms. The molecular formula is C27H26ClN3OS. The van der Waals surface area contributed by atoms with Crippen LogP contribution >= 0.6 is 23.4 Å².